The Hall–Kier alpha value is -2.07. The van der Waals surface area contributed by atoms with Crippen LogP contribution in [0.15, 0.2) is 42.5 Å². The predicted octanol–water partition coefficient (Wildman–Crippen LogP) is 3.34. The zero-order chi connectivity index (χ0) is 13.7. The van der Waals surface area contributed by atoms with Crippen molar-refractivity contribution in [1.29, 1.82) is 0 Å². The van der Waals surface area contributed by atoms with Crippen LogP contribution in [-0.2, 0) is 11.2 Å². The molecule has 0 atom stereocenters. The van der Waals surface area contributed by atoms with Gasteiger partial charge in [-0.25, -0.2) is 4.39 Å². The van der Waals surface area contributed by atoms with Crippen LogP contribution in [0.1, 0.15) is 5.56 Å². The van der Waals surface area contributed by atoms with Gasteiger partial charge in [0.1, 0.15) is 5.82 Å². The van der Waals surface area contributed by atoms with Gasteiger partial charge < -0.3 is 15.8 Å². The van der Waals surface area contributed by atoms with E-state index in [-0.39, 0.29) is 5.82 Å². The third-order valence-electron chi connectivity index (χ3n) is 2.88. The summed E-state index contributed by atoms with van der Waals surface area (Å²) in [7, 11) is 1.67. The summed E-state index contributed by atoms with van der Waals surface area (Å²) in [5.74, 6) is -0.337. The molecule has 2 aromatic rings. The van der Waals surface area contributed by atoms with Crippen LogP contribution in [0.3, 0.4) is 0 Å². The Bertz CT molecular complexity index is 558. The van der Waals surface area contributed by atoms with Crippen molar-refractivity contribution in [2.24, 2.45) is 0 Å². The van der Waals surface area contributed by atoms with Crippen LogP contribution in [0.4, 0.5) is 21.5 Å². The average molecular weight is 260 g/mol. The first-order valence-electron chi connectivity index (χ1n) is 6.09. The van der Waals surface area contributed by atoms with Gasteiger partial charge in [-0.05, 0) is 36.2 Å². The monoisotopic (exact) mass is 260 g/mol. The van der Waals surface area contributed by atoms with Gasteiger partial charge in [0, 0.05) is 12.8 Å². The standard InChI is InChI=1S/C15H17FN2O/c1-19-9-8-11-4-2-3-5-14(11)18-15-7-6-12(16)10-13(15)17/h2-7,10,18H,8-9,17H2,1H3. The zero-order valence-electron chi connectivity index (χ0n) is 10.8. The molecular weight excluding hydrogens is 243 g/mol. The van der Waals surface area contributed by atoms with E-state index in [1.54, 1.807) is 13.2 Å². The molecule has 0 aliphatic rings. The molecule has 0 saturated heterocycles. The average Bonchev–Trinajstić information content (AvgIpc) is 2.41. The molecule has 100 valence electrons. The summed E-state index contributed by atoms with van der Waals surface area (Å²) < 4.78 is 18.1. The van der Waals surface area contributed by atoms with Crippen LogP contribution in [-0.4, -0.2) is 13.7 Å². The number of nitrogens with two attached hydrogens (primary N) is 1. The minimum Gasteiger partial charge on any atom is -0.397 e. The quantitative estimate of drug-likeness (QED) is 0.810. The van der Waals surface area contributed by atoms with E-state index in [4.69, 9.17) is 10.5 Å². The van der Waals surface area contributed by atoms with Crippen molar-refractivity contribution in [2.45, 2.75) is 6.42 Å². The molecule has 3 nitrogen and oxygen atoms in total. The smallest absolute Gasteiger partial charge is 0.125 e. The summed E-state index contributed by atoms with van der Waals surface area (Å²) in [6, 6.07) is 12.2. The second-order valence-electron chi connectivity index (χ2n) is 4.26. The lowest BCUT2D eigenvalue weighted by molar-refractivity contribution is 0.202. The van der Waals surface area contributed by atoms with Gasteiger partial charge in [0.15, 0.2) is 0 Å². The number of halogens is 1. The molecule has 0 aliphatic heterocycles. The van der Waals surface area contributed by atoms with Crippen LogP contribution in [0.5, 0.6) is 0 Å². The van der Waals surface area contributed by atoms with Gasteiger partial charge in [0.05, 0.1) is 18.0 Å². The lowest BCUT2D eigenvalue weighted by atomic mass is 10.1. The van der Waals surface area contributed by atoms with Crippen molar-refractivity contribution >= 4 is 17.1 Å². The summed E-state index contributed by atoms with van der Waals surface area (Å²) in [4.78, 5) is 0. The molecular formula is C15H17FN2O. The number of anilines is 3. The molecule has 2 rings (SSSR count). The zero-order valence-corrected chi connectivity index (χ0v) is 10.8. The number of methoxy groups -OCH3 is 1. The first-order valence-corrected chi connectivity index (χ1v) is 6.09. The molecule has 0 spiro atoms. The fraction of sp³-hybridized carbons (Fsp3) is 0.200. The highest BCUT2D eigenvalue weighted by molar-refractivity contribution is 5.73. The first-order chi connectivity index (χ1) is 9.20. The highest BCUT2D eigenvalue weighted by Gasteiger charge is 2.05. The van der Waals surface area contributed by atoms with Crippen molar-refractivity contribution < 1.29 is 9.13 Å². The third-order valence-corrected chi connectivity index (χ3v) is 2.88. The summed E-state index contributed by atoms with van der Waals surface area (Å²) in [6.45, 7) is 0.650. The Morgan fingerprint density at radius 1 is 1.16 bits per heavy atom. The molecule has 0 aliphatic carbocycles. The van der Waals surface area contributed by atoms with Crippen LogP contribution in [0.25, 0.3) is 0 Å². The lowest BCUT2D eigenvalue weighted by Crippen LogP contribution is -2.02. The van der Waals surface area contributed by atoms with Gasteiger partial charge in [-0.1, -0.05) is 18.2 Å². The van der Waals surface area contributed by atoms with E-state index in [1.807, 2.05) is 24.3 Å². The minimum atomic E-state index is -0.337. The van der Waals surface area contributed by atoms with Gasteiger partial charge in [-0.3, -0.25) is 0 Å². The van der Waals surface area contributed by atoms with E-state index in [0.29, 0.717) is 18.0 Å². The highest BCUT2D eigenvalue weighted by Crippen LogP contribution is 2.26. The Morgan fingerprint density at radius 3 is 2.68 bits per heavy atom. The summed E-state index contributed by atoms with van der Waals surface area (Å²) in [6.07, 6.45) is 0.806. The third kappa shape index (κ3) is 3.45. The normalized spacial score (nSPS) is 10.4. The van der Waals surface area contributed by atoms with E-state index in [0.717, 1.165) is 17.7 Å². The Balaban J connectivity index is 2.22. The molecule has 0 bridgehead atoms. The van der Waals surface area contributed by atoms with E-state index < -0.39 is 0 Å². The number of ether oxygens (including phenoxy) is 1. The molecule has 0 fully saturated rings. The molecule has 19 heavy (non-hydrogen) atoms. The highest BCUT2D eigenvalue weighted by atomic mass is 19.1. The SMILES string of the molecule is COCCc1ccccc1Nc1ccc(F)cc1N. The van der Waals surface area contributed by atoms with E-state index in [2.05, 4.69) is 5.32 Å². The van der Waals surface area contributed by atoms with Gasteiger partial charge in [-0.15, -0.1) is 0 Å². The van der Waals surface area contributed by atoms with Gasteiger partial charge >= 0.3 is 0 Å². The number of nitrogens with one attached hydrogen (secondary N) is 1. The van der Waals surface area contributed by atoms with E-state index >= 15 is 0 Å². The summed E-state index contributed by atoms with van der Waals surface area (Å²) in [5.41, 5.74) is 8.97. The Kier molecular flexibility index (Phi) is 4.36. The maximum Gasteiger partial charge on any atom is 0.125 e. The van der Waals surface area contributed by atoms with Crippen LogP contribution in [0, 0.1) is 5.82 Å². The van der Waals surface area contributed by atoms with Crippen molar-refractivity contribution in [1.82, 2.24) is 0 Å². The largest absolute Gasteiger partial charge is 0.397 e. The lowest BCUT2D eigenvalue weighted by Gasteiger charge is -2.13. The molecule has 0 amide bonds. The fourth-order valence-electron chi connectivity index (χ4n) is 1.86. The molecule has 4 heteroatoms. The molecule has 0 heterocycles. The van der Waals surface area contributed by atoms with E-state index in [1.165, 1.54) is 12.1 Å². The number of hydrogen-bond donors (Lipinski definition) is 2. The van der Waals surface area contributed by atoms with Crippen molar-refractivity contribution in [2.75, 3.05) is 24.8 Å². The second kappa shape index (κ2) is 6.20. The Morgan fingerprint density at radius 2 is 1.95 bits per heavy atom. The number of benzene rings is 2. The molecule has 2 aromatic carbocycles. The predicted molar refractivity (Wildman–Crippen MR) is 76.1 cm³/mol. The maximum absolute atomic E-state index is 13.0. The fourth-order valence-corrected chi connectivity index (χ4v) is 1.86. The minimum absolute atomic E-state index is 0.337. The van der Waals surface area contributed by atoms with Crippen LogP contribution < -0.4 is 11.1 Å². The number of rotatable bonds is 5. The number of nitrogen functional groups attached to an aromatic ring is 1. The molecule has 0 aromatic heterocycles. The maximum atomic E-state index is 13.0. The molecule has 0 saturated carbocycles. The number of para-hydroxylation sites is 1. The Labute approximate surface area is 112 Å². The van der Waals surface area contributed by atoms with Crippen molar-refractivity contribution in [3.8, 4) is 0 Å². The van der Waals surface area contributed by atoms with Crippen molar-refractivity contribution in [3.05, 3.63) is 53.8 Å². The van der Waals surface area contributed by atoms with Gasteiger partial charge in [-0.2, -0.15) is 0 Å². The summed E-state index contributed by atoms with van der Waals surface area (Å²) in [5, 5.41) is 3.23. The topological polar surface area (TPSA) is 47.3 Å². The first kappa shape index (κ1) is 13.4. The van der Waals surface area contributed by atoms with Crippen LogP contribution >= 0.6 is 0 Å². The molecule has 0 radical (unpaired) electrons. The van der Waals surface area contributed by atoms with Crippen LogP contribution in [0.2, 0.25) is 0 Å². The number of hydrogen-bond acceptors (Lipinski definition) is 3. The second-order valence-corrected chi connectivity index (χ2v) is 4.26. The van der Waals surface area contributed by atoms with Gasteiger partial charge in [0.2, 0.25) is 0 Å². The van der Waals surface area contributed by atoms with E-state index in [9.17, 15) is 4.39 Å². The summed E-state index contributed by atoms with van der Waals surface area (Å²) >= 11 is 0. The van der Waals surface area contributed by atoms with Crippen molar-refractivity contribution in [3.63, 3.8) is 0 Å². The molecule has 3 N–H and O–H groups in total. The molecule has 0 unspecified atom stereocenters. The van der Waals surface area contributed by atoms with Gasteiger partial charge in [0.25, 0.3) is 0 Å².